The van der Waals surface area contributed by atoms with Gasteiger partial charge in [-0.3, -0.25) is 14.5 Å². The van der Waals surface area contributed by atoms with Crippen LogP contribution in [0.5, 0.6) is 0 Å². The molecule has 1 aromatic carbocycles. The van der Waals surface area contributed by atoms with E-state index in [0.29, 0.717) is 11.1 Å². The third-order valence-electron chi connectivity index (χ3n) is 3.36. The molecule has 2 atom stereocenters. The number of carbonyl (C=O) groups is 2. The van der Waals surface area contributed by atoms with Crippen molar-refractivity contribution in [3.05, 3.63) is 35.4 Å². The summed E-state index contributed by atoms with van der Waals surface area (Å²) < 4.78 is 0. The maximum absolute atomic E-state index is 11.7. The summed E-state index contributed by atoms with van der Waals surface area (Å²) in [4.78, 5) is 24.1. The summed E-state index contributed by atoms with van der Waals surface area (Å²) in [6.45, 7) is 0.170. The van der Waals surface area contributed by atoms with E-state index < -0.39 is 12.1 Å². The molecule has 2 N–H and O–H groups in total. The molecule has 1 aliphatic heterocycles. The summed E-state index contributed by atoms with van der Waals surface area (Å²) >= 11 is 0. The number of nitrogens with zero attached hydrogens (tertiary/aromatic N) is 2. The van der Waals surface area contributed by atoms with Crippen molar-refractivity contribution in [3.63, 3.8) is 0 Å². The van der Waals surface area contributed by atoms with Crippen LogP contribution in [0.2, 0.25) is 0 Å². The molecule has 104 valence electrons. The Bertz CT molecular complexity index is 562. The zero-order valence-electron chi connectivity index (χ0n) is 11.0. The van der Waals surface area contributed by atoms with Crippen molar-refractivity contribution in [1.29, 1.82) is 5.26 Å². The Morgan fingerprint density at radius 1 is 1.45 bits per heavy atom. The minimum atomic E-state index is -0.795. The Morgan fingerprint density at radius 3 is 2.60 bits per heavy atom. The Morgan fingerprint density at radius 2 is 2.10 bits per heavy atom. The van der Waals surface area contributed by atoms with E-state index in [9.17, 15) is 14.7 Å². The largest absolute Gasteiger partial charge is 0.387 e. The van der Waals surface area contributed by atoms with Gasteiger partial charge in [0.2, 0.25) is 11.8 Å². The molecule has 1 heterocycles. The van der Waals surface area contributed by atoms with E-state index in [2.05, 4.69) is 5.32 Å². The van der Waals surface area contributed by atoms with Crippen LogP contribution in [0.3, 0.4) is 0 Å². The highest BCUT2D eigenvalue weighted by atomic mass is 16.3. The predicted octanol–water partition coefficient (Wildman–Crippen LogP) is -0.0614. The molecule has 0 aliphatic carbocycles. The average Bonchev–Trinajstić information content (AvgIpc) is 2.72. The number of rotatable bonds is 4. The van der Waals surface area contributed by atoms with Gasteiger partial charge in [-0.15, -0.1) is 0 Å². The fourth-order valence-electron chi connectivity index (χ4n) is 2.07. The number of nitrogens with one attached hydrogen (secondary N) is 1. The maximum atomic E-state index is 11.7. The van der Waals surface area contributed by atoms with E-state index >= 15 is 0 Å². The van der Waals surface area contributed by atoms with Crippen LogP contribution in [0.25, 0.3) is 0 Å². The molecule has 0 bridgehead atoms. The van der Waals surface area contributed by atoms with Crippen molar-refractivity contribution >= 4 is 11.8 Å². The van der Waals surface area contributed by atoms with Gasteiger partial charge in [-0.25, -0.2) is 0 Å². The van der Waals surface area contributed by atoms with Gasteiger partial charge in [-0.2, -0.15) is 5.26 Å². The minimum Gasteiger partial charge on any atom is -0.387 e. The number of nitriles is 1. The highest BCUT2D eigenvalue weighted by molar-refractivity contribution is 6.05. The van der Waals surface area contributed by atoms with Crippen LogP contribution < -0.4 is 5.32 Å². The molecule has 0 aromatic heterocycles. The quantitative estimate of drug-likeness (QED) is 0.749. The first kappa shape index (κ1) is 14.2. The highest BCUT2D eigenvalue weighted by Crippen LogP contribution is 2.15. The van der Waals surface area contributed by atoms with Crippen LogP contribution in [-0.4, -0.2) is 41.5 Å². The van der Waals surface area contributed by atoms with Crippen molar-refractivity contribution in [1.82, 2.24) is 10.2 Å². The second-order valence-corrected chi connectivity index (χ2v) is 4.71. The Hall–Kier alpha value is -2.23. The van der Waals surface area contributed by atoms with Gasteiger partial charge >= 0.3 is 0 Å². The van der Waals surface area contributed by atoms with Gasteiger partial charge in [0.05, 0.1) is 30.2 Å². The third-order valence-corrected chi connectivity index (χ3v) is 3.36. The van der Waals surface area contributed by atoms with Gasteiger partial charge in [0.1, 0.15) is 0 Å². The Kier molecular flexibility index (Phi) is 4.13. The molecule has 2 amide bonds. The summed E-state index contributed by atoms with van der Waals surface area (Å²) in [6, 6.07) is 8.01. The number of hydrogen-bond acceptors (Lipinski definition) is 5. The molecule has 0 spiro atoms. The zero-order chi connectivity index (χ0) is 14.7. The van der Waals surface area contributed by atoms with E-state index in [1.54, 1.807) is 24.3 Å². The van der Waals surface area contributed by atoms with E-state index in [-0.39, 0.29) is 24.8 Å². The van der Waals surface area contributed by atoms with Crippen molar-refractivity contribution in [3.8, 4) is 6.07 Å². The van der Waals surface area contributed by atoms with Crippen LogP contribution in [0.15, 0.2) is 24.3 Å². The molecule has 6 heteroatoms. The highest BCUT2D eigenvalue weighted by Gasteiger charge is 2.35. The smallest absolute Gasteiger partial charge is 0.246 e. The van der Waals surface area contributed by atoms with Gasteiger partial charge in [-0.05, 0) is 17.7 Å². The molecule has 1 saturated heterocycles. The SMILES string of the molecule is CN1C(=O)CC(NCC(O)c2ccc(C#N)cc2)C1=O. The molecule has 1 aromatic rings. The number of hydrogen-bond donors (Lipinski definition) is 2. The van der Waals surface area contributed by atoms with Gasteiger partial charge in [0, 0.05) is 13.6 Å². The second-order valence-electron chi connectivity index (χ2n) is 4.71. The van der Waals surface area contributed by atoms with E-state index in [0.717, 1.165) is 4.90 Å². The topological polar surface area (TPSA) is 93.4 Å². The Balaban J connectivity index is 1.92. The molecular formula is C14H15N3O3. The minimum absolute atomic E-state index is 0.120. The first-order valence-corrected chi connectivity index (χ1v) is 6.25. The van der Waals surface area contributed by atoms with Crippen molar-refractivity contribution < 1.29 is 14.7 Å². The van der Waals surface area contributed by atoms with E-state index in [4.69, 9.17) is 5.26 Å². The van der Waals surface area contributed by atoms with Crippen molar-refractivity contribution in [2.45, 2.75) is 18.6 Å². The molecule has 1 aliphatic rings. The monoisotopic (exact) mass is 273 g/mol. The average molecular weight is 273 g/mol. The number of carbonyl (C=O) groups excluding carboxylic acids is 2. The summed E-state index contributed by atoms with van der Waals surface area (Å²) in [7, 11) is 1.45. The number of benzene rings is 1. The summed E-state index contributed by atoms with van der Waals surface area (Å²) in [5.41, 5.74) is 1.17. The Labute approximate surface area is 116 Å². The van der Waals surface area contributed by atoms with Crippen LogP contribution in [0.1, 0.15) is 23.7 Å². The van der Waals surface area contributed by atoms with Gasteiger partial charge < -0.3 is 10.4 Å². The summed E-state index contributed by atoms with van der Waals surface area (Å²) in [5.74, 6) is -0.498. The zero-order valence-corrected chi connectivity index (χ0v) is 11.0. The first-order chi connectivity index (χ1) is 9.52. The molecule has 6 nitrogen and oxygen atoms in total. The molecular weight excluding hydrogens is 258 g/mol. The van der Waals surface area contributed by atoms with Gasteiger partial charge in [0.15, 0.2) is 0 Å². The fraction of sp³-hybridized carbons (Fsp3) is 0.357. The molecule has 20 heavy (non-hydrogen) atoms. The standard InChI is InChI=1S/C14H15N3O3/c1-17-13(19)6-11(14(17)20)16-8-12(18)10-4-2-9(7-15)3-5-10/h2-5,11-12,16,18H,6,8H2,1H3. The third kappa shape index (κ3) is 2.85. The maximum Gasteiger partial charge on any atom is 0.246 e. The lowest BCUT2D eigenvalue weighted by Crippen LogP contribution is -2.39. The lowest BCUT2D eigenvalue weighted by molar-refractivity contribution is -0.137. The number of aliphatic hydroxyl groups is 1. The number of aliphatic hydroxyl groups excluding tert-OH is 1. The van der Waals surface area contributed by atoms with Crippen molar-refractivity contribution in [2.75, 3.05) is 13.6 Å². The second kappa shape index (κ2) is 5.82. The number of imide groups is 1. The normalized spacial score (nSPS) is 20.1. The fourth-order valence-corrected chi connectivity index (χ4v) is 2.07. The summed E-state index contributed by atoms with van der Waals surface area (Å²) in [6.07, 6.45) is -0.674. The van der Waals surface area contributed by atoms with E-state index in [1.165, 1.54) is 7.05 Å². The van der Waals surface area contributed by atoms with Crippen molar-refractivity contribution in [2.24, 2.45) is 0 Å². The summed E-state index contributed by atoms with van der Waals surface area (Å²) in [5, 5.41) is 21.6. The molecule has 1 fully saturated rings. The molecule has 2 rings (SSSR count). The lowest BCUT2D eigenvalue weighted by Gasteiger charge is -2.15. The van der Waals surface area contributed by atoms with E-state index in [1.807, 2.05) is 6.07 Å². The van der Waals surface area contributed by atoms with Crippen LogP contribution in [-0.2, 0) is 9.59 Å². The lowest BCUT2D eigenvalue weighted by atomic mass is 10.1. The predicted molar refractivity (Wildman–Crippen MR) is 70.3 cm³/mol. The number of likely N-dealkylation sites (N-methyl/N-ethyl adjacent to an activating group) is 1. The molecule has 0 radical (unpaired) electrons. The van der Waals surface area contributed by atoms with Crippen LogP contribution in [0.4, 0.5) is 0 Å². The first-order valence-electron chi connectivity index (χ1n) is 6.25. The van der Waals surface area contributed by atoms with Crippen LogP contribution >= 0.6 is 0 Å². The molecule has 0 saturated carbocycles. The van der Waals surface area contributed by atoms with Gasteiger partial charge in [0.25, 0.3) is 0 Å². The molecule has 2 unspecified atom stereocenters. The number of amides is 2. The van der Waals surface area contributed by atoms with Crippen LogP contribution in [0, 0.1) is 11.3 Å². The van der Waals surface area contributed by atoms with Gasteiger partial charge in [-0.1, -0.05) is 12.1 Å². The number of likely N-dealkylation sites (tertiary alicyclic amines) is 1.